The van der Waals surface area contributed by atoms with Crippen molar-refractivity contribution in [1.29, 1.82) is 0 Å². The zero-order valence-corrected chi connectivity index (χ0v) is 11.8. The molecule has 0 aliphatic rings. The summed E-state index contributed by atoms with van der Waals surface area (Å²) in [5.74, 6) is 0.710. The first-order valence-corrected chi connectivity index (χ1v) is 7.08. The topological polar surface area (TPSA) is 0 Å². The van der Waals surface area contributed by atoms with Crippen LogP contribution in [0.1, 0.15) is 72.6 Å². The molecule has 1 unspecified atom stereocenters. The van der Waals surface area contributed by atoms with E-state index in [9.17, 15) is 0 Å². The van der Waals surface area contributed by atoms with Gasteiger partial charge in [0.1, 0.15) is 0 Å². The van der Waals surface area contributed by atoms with Gasteiger partial charge < -0.3 is 0 Å². The Bertz CT molecular complexity index is 198. The van der Waals surface area contributed by atoms with Gasteiger partial charge in [-0.1, -0.05) is 64.7 Å². The molecule has 0 aromatic carbocycles. The molecule has 0 saturated carbocycles. The van der Waals surface area contributed by atoms with Crippen LogP contribution in [0.2, 0.25) is 0 Å². The molecule has 0 amide bonds. The van der Waals surface area contributed by atoms with Crippen LogP contribution in [-0.4, -0.2) is 0 Å². The normalized spacial score (nSPS) is 14.6. The number of rotatable bonds is 9. The molecule has 0 bridgehead atoms. The summed E-state index contributed by atoms with van der Waals surface area (Å²) in [6.07, 6.45) is 16.3. The zero-order valence-electron chi connectivity index (χ0n) is 11.8. The molecular weight excluding hydrogens is 192 g/mol. The first-order valence-electron chi connectivity index (χ1n) is 7.08. The van der Waals surface area contributed by atoms with E-state index in [0.717, 1.165) is 0 Å². The Hall–Kier alpha value is -0.520. The summed E-state index contributed by atoms with van der Waals surface area (Å²) in [7, 11) is 0. The maximum atomic E-state index is 2.35. The molecule has 0 nitrogen and oxygen atoms in total. The van der Waals surface area contributed by atoms with Gasteiger partial charge in [0, 0.05) is 0 Å². The van der Waals surface area contributed by atoms with Crippen molar-refractivity contribution in [3.63, 3.8) is 0 Å². The van der Waals surface area contributed by atoms with E-state index in [1.165, 1.54) is 50.5 Å². The summed E-state index contributed by atoms with van der Waals surface area (Å²) in [6.45, 7) is 8.98. The molecule has 0 heteroatoms. The summed E-state index contributed by atoms with van der Waals surface area (Å²) < 4.78 is 0. The average Bonchev–Trinajstić information content (AvgIpc) is 2.32. The summed E-state index contributed by atoms with van der Waals surface area (Å²) in [5, 5.41) is 0. The molecule has 94 valence electrons. The Labute approximate surface area is 103 Å². The highest BCUT2D eigenvalue weighted by Gasteiger charge is 2.00. The van der Waals surface area contributed by atoms with E-state index >= 15 is 0 Å². The van der Waals surface area contributed by atoms with Crippen molar-refractivity contribution >= 4 is 0 Å². The first kappa shape index (κ1) is 15.5. The lowest BCUT2D eigenvalue weighted by atomic mass is 9.97. The second-order valence-electron chi connectivity index (χ2n) is 4.70. The van der Waals surface area contributed by atoms with Gasteiger partial charge in [-0.15, -0.1) is 0 Å². The Morgan fingerprint density at radius 2 is 1.75 bits per heavy atom. The van der Waals surface area contributed by atoms with Gasteiger partial charge in [-0.25, -0.2) is 0 Å². The molecule has 0 saturated heterocycles. The Morgan fingerprint density at radius 1 is 1.06 bits per heavy atom. The Morgan fingerprint density at radius 3 is 2.31 bits per heavy atom. The number of hydrogen-bond donors (Lipinski definition) is 0. The van der Waals surface area contributed by atoms with Gasteiger partial charge in [-0.05, 0) is 37.7 Å². The van der Waals surface area contributed by atoms with Crippen LogP contribution in [0, 0.1) is 5.92 Å². The van der Waals surface area contributed by atoms with Crippen LogP contribution in [0.3, 0.4) is 0 Å². The second kappa shape index (κ2) is 11.0. The molecular formula is C16H30. The number of unbranched alkanes of at least 4 members (excludes halogenated alkanes) is 5. The van der Waals surface area contributed by atoms with Gasteiger partial charge in [-0.2, -0.15) is 0 Å². The molecule has 0 N–H and O–H groups in total. The van der Waals surface area contributed by atoms with Gasteiger partial charge in [-0.3, -0.25) is 0 Å². The van der Waals surface area contributed by atoms with Crippen molar-refractivity contribution in [2.75, 3.05) is 0 Å². The summed E-state index contributed by atoms with van der Waals surface area (Å²) >= 11 is 0. The molecule has 0 aliphatic heterocycles. The molecule has 0 rings (SSSR count). The standard InChI is InChI=1S/C16H30/c1-5-8-9-10-11-12-13-14-16(7-3)15(4)6-2/h7,13-15H,5-6,8-12H2,1-4H3. The molecule has 0 fully saturated rings. The van der Waals surface area contributed by atoms with Gasteiger partial charge in [0.05, 0.1) is 0 Å². The average molecular weight is 222 g/mol. The highest BCUT2D eigenvalue weighted by atomic mass is 14.1. The second-order valence-corrected chi connectivity index (χ2v) is 4.70. The SMILES string of the molecule is CC=C(C=CCCCCCCC)C(C)CC. The van der Waals surface area contributed by atoms with Crippen molar-refractivity contribution in [2.24, 2.45) is 5.92 Å². The Balaban J connectivity index is 3.65. The molecule has 0 aromatic heterocycles. The summed E-state index contributed by atoms with van der Waals surface area (Å²) in [4.78, 5) is 0. The van der Waals surface area contributed by atoms with Gasteiger partial charge >= 0.3 is 0 Å². The third-order valence-electron chi connectivity index (χ3n) is 3.30. The van der Waals surface area contributed by atoms with Crippen molar-refractivity contribution in [2.45, 2.75) is 72.6 Å². The minimum Gasteiger partial charge on any atom is -0.0843 e. The van der Waals surface area contributed by atoms with Crippen LogP contribution >= 0.6 is 0 Å². The van der Waals surface area contributed by atoms with Crippen molar-refractivity contribution in [3.8, 4) is 0 Å². The number of allylic oxidation sites excluding steroid dienone is 4. The third-order valence-corrected chi connectivity index (χ3v) is 3.30. The lowest BCUT2D eigenvalue weighted by molar-refractivity contribution is 0.636. The zero-order chi connectivity index (χ0) is 12.2. The molecule has 0 heterocycles. The highest BCUT2D eigenvalue weighted by molar-refractivity contribution is 5.20. The van der Waals surface area contributed by atoms with E-state index < -0.39 is 0 Å². The first-order chi connectivity index (χ1) is 7.76. The highest BCUT2D eigenvalue weighted by Crippen LogP contribution is 2.16. The molecule has 1 atom stereocenters. The fraction of sp³-hybridized carbons (Fsp3) is 0.750. The van der Waals surface area contributed by atoms with E-state index in [4.69, 9.17) is 0 Å². The molecule has 0 aromatic rings. The van der Waals surface area contributed by atoms with Crippen molar-refractivity contribution < 1.29 is 0 Å². The lowest BCUT2D eigenvalue weighted by Crippen LogP contribution is -1.94. The molecule has 0 spiro atoms. The van der Waals surface area contributed by atoms with E-state index in [1.807, 2.05) is 0 Å². The quantitative estimate of drug-likeness (QED) is 0.337. The largest absolute Gasteiger partial charge is 0.0843 e. The molecule has 0 aliphatic carbocycles. The van der Waals surface area contributed by atoms with Crippen LogP contribution in [0.25, 0.3) is 0 Å². The predicted molar refractivity (Wildman–Crippen MR) is 75.7 cm³/mol. The monoisotopic (exact) mass is 222 g/mol. The fourth-order valence-corrected chi connectivity index (χ4v) is 1.87. The third kappa shape index (κ3) is 7.73. The Kier molecular flexibility index (Phi) is 10.6. The van der Waals surface area contributed by atoms with Crippen LogP contribution in [-0.2, 0) is 0 Å². The van der Waals surface area contributed by atoms with E-state index in [2.05, 4.69) is 45.9 Å². The fourth-order valence-electron chi connectivity index (χ4n) is 1.87. The van der Waals surface area contributed by atoms with Gasteiger partial charge in [0.2, 0.25) is 0 Å². The predicted octanol–water partition coefficient (Wildman–Crippen LogP) is 5.90. The molecule has 0 radical (unpaired) electrons. The molecule has 16 heavy (non-hydrogen) atoms. The maximum Gasteiger partial charge on any atom is -0.0196 e. The van der Waals surface area contributed by atoms with Crippen LogP contribution in [0.15, 0.2) is 23.8 Å². The van der Waals surface area contributed by atoms with Crippen LogP contribution in [0.5, 0.6) is 0 Å². The minimum absolute atomic E-state index is 0.710. The van der Waals surface area contributed by atoms with E-state index in [0.29, 0.717) is 5.92 Å². The van der Waals surface area contributed by atoms with Crippen molar-refractivity contribution in [3.05, 3.63) is 23.8 Å². The lowest BCUT2D eigenvalue weighted by Gasteiger charge is -2.08. The maximum absolute atomic E-state index is 2.35. The van der Waals surface area contributed by atoms with E-state index in [1.54, 1.807) is 0 Å². The summed E-state index contributed by atoms with van der Waals surface area (Å²) in [5.41, 5.74) is 1.50. The van der Waals surface area contributed by atoms with Crippen molar-refractivity contribution in [1.82, 2.24) is 0 Å². The minimum atomic E-state index is 0.710. The smallest absolute Gasteiger partial charge is 0.0196 e. The van der Waals surface area contributed by atoms with Gasteiger partial charge in [0.25, 0.3) is 0 Å². The van der Waals surface area contributed by atoms with Gasteiger partial charge in [0.15, 0.2) is 0 Å². The number of hydrogen-bond acceptors (Lipinski definition) is 0. The van der Waals surface area contributed by atoms with Crippen LogP contribution in [0.4, 0.5) is 0 Å². The van der Waals surface area contributed by atoms with E-state index in [-0.39, 0.29) is 0 Å². The summed E-state index contributed by atoms with van der Waals surface area (Å²) in [6, 6.07) is 0. The van der Waals surface area contributed by atoms with Crippen LogP contribution < -0.4 is 0 Å².